The quantitative estimate of drug-likeness (QED) is 0.559. The standard InChI is InChI=1S/C19H16N2O3S/c1-13-20-16(12-25-13)11-18(22)24-17-9-7-15(8-10-17)21-19(23)14-5-3-2-4-6-14/h2-10,12H,11H2,1H3,(H,21,23). The Morgan fingerprint density at radius 1 is 1.08 bits per heavy atom. The van der Waals surface area contributed by atoms with Crippen LogP contribution in [-0.4, -0.2) is 16.9 Å². The third kappa shape index (κ3) is 4.74. The average molecular weight is 352 g/mol. The van der Waals surface area contributed by atoms with Crippen LogP contribution in [0, 0.1) is 6.92 Å². The number of benzene rings is 2. The highest BCUT2D eigenvalue weighted by Gasteiger charge is 2.10. The van der Waals surface area contributed by atoms with Gasteiger partial charge in [-0.25, -0.2) is 4.98 Å². The van der Waals surface area contributed by atoms with Gasteiger partial charge >= 0.3 is 5.97 Å². The molecular formula is C19H16N2O3S. The summed E-state index contributed by atoms with van der Waals surface area (Å²) in [5.74, 6) is -0.134. The largest absolute Gasteiger partial charge is 0.426 e. The smallest absolute Gasteiger partial charge is 0.317 e. The lowest BCUT2D eigenvalue weighted by Crippen LogP contribution is -2.12. The summed E-state index contributed by atoms with van der Waals surface area (Å²) >= 11 is 1.50. The summed E-state index contributed by atoms with van der Waals surface area (Å²) in [6, 6.07) is 15.6. The summed E-state index contributed by atoms with van der Waals surface area (Å²) in [5, 5.41) is 5.56. The van der Waals surface area contributed by atoms with E-state index < -0.39 is 0 Å². The van der Waals surface area contributed by atoms with Crippen LogP contribution >= 0.6 is 11.3 Å². The minimum atomic E-state index is -0.369. The van der Waals surface area contributed by atoms with Crippen molar-refractivity contribution < 1.29 is 14.3 Å². The number of aryl methyl sites for hydroxylation is 1. The van der Waals surface area contributed by atoms with E-state index in [1.165, 1.54) is 11.3 Å². The number of nitrogens with one attached hydrogen (secondary N) is 1. The van der Waals surface area contributed by atoms with Crippen LogP contribution in [0.1, 0.15) is 21.1 Å². The van der Waals surface area contributed by atoms with E-state index in [1.54, 1.807) is 48.5 Å². The van der Waals surface area contributed by atoms with Gasteiger partial charge in [0, 0.05) is 16.6 Å². The van der Waals surface area contributed by atoms with Crippen molar-refractivity contribution in [2.24, 2.45) is 0 Å². The van der Waals surface area contributed by atoms with Crippen molar-refractivity contribution in [2.45, 2.75) is 13.3 Å². The van der Waals surface area contributed by atoms with Crippen LogP contribution < -0.4 is 10.1 Å². The molecule has 0 unspecified atom stereocenters. The molecule has 0 spiro atoms. The first-order chi connectivity index (χ1) is 12.1. The number of hydrogen-bond acceptors (Lipinski definition) is 5. The van der Waals surface area contributed by atoms with Gasteiger partial charge < -0.3 is 10.1 Å². The van der Waals surface area contributed by atoms with E-state index in [-0.39, 0.29) is 18.3 Å². The van der Waals surface area contributed by atoms with Crippen LogP contribution in [0.15, 0.2) is 60.0 Å². The van der Waals surface area contributed by atoms with E-state index in [9.17, 15) is 9.59 Å². The molecule has 0 aliphatic heterocycles. The second-order valence-electron chi connectivity index (χ2n) is 5.35. The Morgan fingerprint density at radius 2 is 1.80 bits per heavy atom. The Kier molecular flexibility index (Phi) is 5.20. The first kappa shape index (κ1) is 16.9. The van der Waals surface area contributed by atoms with Gasteiger partial charge in [0.25, 0.3) is 5.91 Å². The molecule has 0 saturated carbocycles. The summed E-state index contributed by atoms with van der Waals surface area (Å²) in [6.45, 7) is 1.89. The van der Waals surface area contributed by atoms with Crippen LogP contribution in [0.25, 0.3) is 0 Å². The van der Waals surface area contributed by atoms with Gasteiger partial charge in [-0.1, -0.05) is 18.2 Å². The number of esters is 1. The van der Waals surface area contributed by atoms with Gasteiger partial charge in [0.15, 0.2) is 0 Å². The monoisotopic (exact) mass is 352 g/mol. The molecule has 0 fully saturated rings. The molecule has 3 rings (SSSR count). The highest BCUT2D eigenvalue weighted by molar-refractivity contribution is 7.09. The molecule has 0 aliphatic carbocycles. The maximum Gasteiger partial charge on any atom is 0.317 e. The van der Waals surface area contributed by atoms with Crippen molar-refractivity contribution >= 4 is 28.9 Å². The zero-order valence-corrected chi connectivity index (χ0v) is 14.4. The predicted octanol–water partition coefficient (Wildman–Crippen LogP) is 3.85. The second-order valence-corrected chi connectivity index (χ2v) is 6.42. The van der Waals surface area contributed by atoms with Crippen molar-refractivity contribution in [1.82, 2.24) is 4.98 Å². The Balaban J connectivity index is 1.56. The van der Waals surface area contributed by atoms with Crippen molar-refractivity contribution in [2.75, 3.05) is 5.32 Å². The molecule has 0 saturated heterocycles. The van der Waals surface area contributed by atoms with Crippen molar-refractivity contribution in [3.8, 4) is 5.75 Å². The SMILES string of the molecule is Cc1nc(CC(=O)Oc2ccc(NC(=O)c3ccccc3)cc2)cs1. The fourth-order valence-corrected chi connectivity index (χ4v) is 2.82. The minimum Gasteiger partial charge on any atom is -0.426 e. The second kappa shape index (κ2) is 7.72. The normalized spacial score (nSPS) is 10.3. The van der Waals surface area contributed by atoms with E-state index in [0.717, 1.165) is 5.01 Å². The van der Waals surface area contributed by atoms with Crippen LogP contribution in [-0.2, 0) is 11.2 Å². The predicted molar refractivity (Wildman–Crippen MR) is 97.0 cm³/mol. The number of ether oxygens (including phenoxy) is 1. The maximum atomic E-state index is 12.1. The van der Waals surface area contributed by atoms with E-state index >= 15 is 0 Å². The Morgan fingerprint density at radius 3 is 2.44 bits per heavy atom. The van der Waals surface area contributed by atoms with Gasteiger partial charge in [-0.2, -0.15) is 0 Å². The number of carbonyl (C=O) groups is 2. The number of carbonyl (C=O) groups excluding carboxylic acids is 2. The molecular weight excluding hydrogens is 336 g/mol. The Labute approximate surface area is 149 Å². The molecule has 0 atom stereocenters. The van der Waals surface area contributed by atoms with Crippen molar-refractivity contribution in [3.05, 3.63) is 76.2 Å². The van der Waals surface area contributed by atoms with Crippen LogP contribution in [0.2, 0.25) is 0 Å². The number of amides is 1. The molecule has 2 aromatic carbocycles. The van der Waals surface area contributed by atoms with Gasteiger partial charge in [0.1, 0.15) is 5.75 Å². The highest BCUT2D eigenvalue weighted by Crippen LogP contribution is 2.17. The first-order valence-electron chi connectivity index (χ1n) is 7.68. The molecule has 1 N–H and O–H groups in total. The van der Waals surface area contributed by atoms with Crippen molar-refractivity contribution in [1.29, 1.82) is 0 Å². The molecule has 5 nitrogen and oxygen atoms in total. The van der Waals surface area contributed by atoms with E-state index in [4.69, 9.17) is 4.74 Å². The molecule has 0 radical (unpaired) electrons. The number of aromatic nitrogens is 1. The number of nitrogens with zero attached hydrogens (tertiary/aromatic N) is 1. The van der Waals surface area contributed by atoms with Gasteiger partial charge in [0.05, 0.1) is 17.1 Å². The van der Waals surface area contributed by atoms with Crippen molar-refractivity contribution in [3.63, 3.8) is 0 Å². The Bertz CT molecular complexity index is 873. The fourth-order valence-electron chi connectivity index (χ4n) is 2.20. The van der Waals surface area contributed by atoms with Gasteiger partial charge in [-0.3, -0.25) is 9.59 Å². The zero-order chi connectivity index (χ0) is 17.6. The minimum absolute atomic E-state index is 0.136. The van der Waals surface area contributed by atoms with E-state index in [0.29, 0.717) is 22.7 Å². The number of thiazole rings is 1. The highest BCUT2D eigenvalue weighted by atomic mass is 32.1. The van der Waals surface area contributed by atoms with E-state index in [1.807, 2.05) is 18.4 Å². The third-order valence-corrected chi connectivity index (χ3v) is 4.19. The maximum absolute atomic E-state index is 12.1. The molecule has 0 aliphatic rings. The molecule has 0 bridgehead atoms. The topological polar surface area (TPSA) is 68.3 Å². The van der Waals surface area contributed by atoms with Gasteiger partial charge in [0.2, 0.25) is 0 Å². The first-order valence-corrected chi connectivity index (χ1v) is 8.56. The summed E-state index contributed by atoms with van der Waals surface area (Å²) in [4.78, 5) is 28.2. The third-order valence-electron chi connectivity index (χ3n) is 3.37. The van der Waals surface area contributed by atoms with Crippen LogP contribution in [0.5, 0.6) is 5.75 Å². The summed E-state index contributed by atoms with van der Waals surface area (Å²) < 4.78 is 5.29. The molecule has 6 heteroatoms. The molecule has 1 amide bonds. The van der Waals surface area contributed by atoms with E-state index in [2.05, 4.69) is 10.3 Å². The lowest BCUT2D eigenvalue weighted by Gasteiger charge is -2.07. The van der Waals surface area contributed by atoms with Crippen LogP contribution in [0.4, 0.5) is 5.69 Å². The number of anilines is 1. The fraction of sp³-hybridized carbons (Fsp3) is 0.105. The zero-order valence-electron chi connectivity index (χ0n) is 13.6. The summed E-state index contributed by atoms with van der Waals surface area (Å²) in [5.41, 5.74) is 1.92. The number of hydrogen-bond donors (Lipinski definition) is 1. The lowest BCUT2D eigenvalue weighted by atomic mass is 10.2. The summed E-state index contributed by atoms with van der Waals surface area (Å²) in [7, 11) is 0. The molecule has 3 aromatic rings. The molecule has 1 heterocycles. The van der Waals surface area contributed by atoms with Gasteiger partial charge in [-0.15, -0.1) is 11.3 Å². The lowest BCUT2D eigenvalue weighted by molar-refractivity contribution is -0.133. The molecule has 126 valence electrons. The summed E-state index contributed by atoms with van der Waals surface area (Å²) in [6.07, 6.45) is 0.136. The average Bonchev–Trinajstić information content (AvgIpc) is 3.02. The number of rotatable bonds is 5. The Hall–Kier alpha value is -2.99. The van der Waals surface area contributed by atoms with Gasteiger partial charge in [-0.05, 0) is 43.3 Å². The molecule has 25 heavy (non-hydrogen) atoms. The van der Waals surface area contributed by atoms with Crippen LogP contribution in [0.3, 0.4) is 0 Å². The molecule has 1 aromatic heterocycles.